The zero-order chi connectivity index (χ0) is 55.0. The van der Waals surface area contributed by atoms with Crippen molar-refractivity contribution in [2.45, 2.75) is 0 Å². The molecule has 2 heteroatoms. The van der Waals surface area contributed by atoms with E-state index in [9.17, 15) is 0 Å². The molecular formula is C82H48O2. The quantitative estimate of drug-likeness (QED) is 0.155. The van der Waals surface area contributed by atoms with Crippen LogP contribution in [0.25, 0.3) is 186 Å². The molecule has 18 aromatic rings. The first-order valence-corrected chi connectivity index (χ1v) is 28.9. The Kier molecular flexibility index (Phi) is 10.1. The molecule has 2 aromatic heterocycles. The second kappa shape index (κ2) is 18.2. The minimum atomic E-state index is 0.877. The van der Waals surface area contributed by atoms with Gasteiger partial charge in [0.25, 0.3) is 0 Å². The van der Waals surface area contributed by atoms with E-state index in [1.54, 1.807) is 0 Å². The molecular weight excluding hydrogens is 1020 g/mol. The second-order valence-corrected chi connectivity index (χ2v) is 22.6. The zero-order valence-electron chi connectivity index (χ0n) is 45.5. The summed E-state index contributed by atoms with van der Waals surface area (Å²) in [5.74, 6) is 0. The van der Waals surface area contributed by atoms with Crippen molar-refractivity contribution < 1.29 is 8.83 Å². The number of hydrogen-bond acceptors (Lipinski definition) is 2. The lowest BCUT2D eigenvalue weighted by molar-refractivity contribution is 0.669. The lowest BCUT2D eigenvalue weighted by atomic mass is 9.82. The van der Waals surface area contributed by atoms with Crippen LogP contribution in [0.4, 0.5) is 0 Å². The van der Waals surface area contributed by atoms with Crippen LogP contribution in [0.5, 0.6) is 0 Å². The van der Waals surface area contributed by atoms with E-state index < -0.39 is 0 Å². The van der Waals surface area contributed by atoms with Crippen molar-refractivity contribution in [3.05, 3.63) is 291 Å². The van der Waals surface area contributed by atoms with Gasteiger partial charge in [-0.3, -0.25) is 0 Å². The Bertz CT molecular complexity index is 5790. The van der Waals surface area contributed by atoms with E-state index in [2.05, 4.69) is 291 Å². The van der Waals surface area contributed by atoms with E-state index in [0.717, 1.165) is 77.3 Å². The molecule has 0 N–H and O–H groups in total. The number of hydrogen-bond donors (Lipinski definition) is 0. The highest BCUT2D eigenvalue weighted by Crippen LogP contribution is 2.50. The molecule has 0 aliphatic rings. The summed E-state index contributed by atoms with van der Waals surface area (Å²) in [6.07, 6.45) is 0. The molecule has 84 heavy (non-hydrogen) atoms. The van der Waals surface area contributed by atoms with Gasteiger partial charge >= 0.3 is 0 Å². The van der Waals surface area contributed by atoms with Gasteiger partial charge in [-0.1, -0.05) is 224 Å². The molecule has 0 bridgehead atoms. The van der Waals surface area contributed by atoms with Crippen molar-refractivity contribution in [1.29, 1.82) is 0 Å². The molecule has 0 amide bonds. The van der Waals surface area contributed by atoms with Crippen molar-refractivity contribution >= 4 is 119 Å². The zero-order valence-corrected chi connectivity index (χ0v) is 45.5. The van der Waals surface area contributed by atoms with Gasteiger partial charge in [0.2, 0.25) is 0 Å². The first-order valence-electron chi connectivity index (χ1n) is 28.9. The smallest absolute Gasteiger partial charge is 0.136 e. The van der Waals surface area contributed by atoms with Gasteiger partial charge in [-0.2, -0.15) is 0 Å². The molecule has 0 aliphatic carbocycles. The normalized spacial score (nSPS) is 12.0. The van der Waals surface area contributed by atoms with Gasteiger partial charge in [-0.25, -0.2) is 0 Å². The van der Waals surface area contributed by atoms with Crippen LogP contribution in [-0.2, 0) is 0 Å². The molecule has 2 heterocycles. The summed E-state index contributed by atoms with van der Waals surface area (Å²) in [6.45, 7) is 0. The summed E-state index contributed by atoms with van der Waals surface area (Å²) in [5, 5.41) is 21.3. The van der Waals surface area contributed by atoms with E-state index in [0.29, 0.717) is 0 Å². The van der Waals surface area contributed by atoms with Gasteiger partial charge in [0.1, 0.15) is 22.3 Å². The Hall–Kier alpha value is -11.1. The van der Waals surface area contributed by atoms with Crippen molar-refractivity contribution in [3.63, 3.8) is 0 Å². The Morgan fingerprint density at radius 1 is 0.155 bits per heavy atom. The summed E-state index contributed by atoms with van der Waals surface area (Å²) in [6, 6.07) is 107. The maximum Gasteiger partial charge on any atom is 0.136 e. The Morgan fingerprint density at radius 2 is 0.500 bits per heavy atom. The van der Waals surface area contributed by atoms with E-state index in [4.69, 9.17) is 8.83 Å². The summed E-state index contributed by atoms with van der Waals surface area (Å²) in [5.41, 5.74) is 17.7. The molecule has 0 saturated heterocycles. The summed E-state index contributed by atoms with van der Waals surface area (Å²) >= 11 is 0. The van der Waals surface area contributed by atoms with Crippen LogP contribution in [0.1, 0.15) is 0 Å². The van der Waals surface area contributed by atoms with Crippen molar-refractivity contribution in [2.75, 3.05) is 0 Å². The Labute approximate surface area is 483 Å². The van der Waals surface area contributed by atoms with Crippen LogP contribution in [0.2, 0.25) is 0 Å². The maximum absolute atomic E-state index is 6.80. The SMILES string of the molecule is c1ccc(-c2c3ccccc3c(-c3cccc(-c4ccc5c(c4)oc4cc6ccccc6cc45)c3)c3ccc(-c4ccc5c(-c6cccc7ccccc67)c6ccccc6c(-c6ccc7c(c6)oc6cc8ccccc8cc67)c5c4)cc23)cc1. The third kappa shape index (κ3) is 7.17. The molecule has 0 fully saturated rings. The number of rotatable bonds is 6. The molecule has 0 aliphatic heterocycles. The van der Waals surface area contributed by atoms with E-state index in [-0.39, 0.29) is 0 Å². The molecule has 0 atom stereocenters. The molecule has 0 radical (unpaired) electrons. The molecule has 0 saturated carbocycles. The standard InChI is InChI=1S/C82H48O2/c1-2-17-50(18-3-1)79-65-27-10-11-28-66(65)80(59-25-14-24-51(40-59)58-32-36-62-71-41-52-19-4-6-21-54(52)45-77(71)83-75(62)47-58)69-38-33-56(43-73(69)79)57-34-39-70-74(44-57)81(60-35-37-63-72-42-53-20-5-7-22-55(53)46-78(72)84-76(63)48-60)67-29-12-13-30-68(67)82(70)64-31-15-23-49-16-8-9-26-61(49)64/h1-48H. The Morgan fingerprint density at radius 3 is 1.10 bits per heavy atom. The summed E-state index contributed by atoms with van der Waals surface area (Å²) < 4.78 is 13.4. The topological polar surface area (TPSA) is 26.3 Å². The number of fused-ring (bicyclic) bond motifs is 13. The Balaban J connectivity index is 0.857. The van der Waals surface area contributed by atoms with Crippen LogP contribution in [0.3, 0.4) is 0 Å². The van der Waals surface area contributed by atoms with Gasteiger partial charge in [0.05, 0.1) is 0 Å². The van der Waals surface area contributed by atoms with Gasteiger partial charge in [-0.05, 0) is 209 Å². The van der Waals surface area contributed by atoms with Gasteiger partial charge in [-0.15, -0.1) is 0 Å². The second-order valence-electron chi connectivity index (χ2n) is 22.6. The lowest BCUT2D eigenvalue weighted by Gasteiger charge is -2.20. The molecule has 0 spiro atoms. The first-order chi connectivity index (χ1) is 41.6. The predicted molar refractivity (Wildman–Crippen MR) is 356 cm³/mol. The third-order valence-corrected chi connectivity index (χ3v) is 18.0. The fourth-order valence-corrected chi connectivity index (χ4v) is 14.1. The van der Waals surface area contributed by atoms with Crippen LogP contribution < -0.4 is 0 Å². The molecule has 18 rings (SSSR count). The third-order valence-electron chi connectivity index (χ3n) is 18.0. The summed E-state index contributed by atoms with van der Waals surface area (Å²) in [7, 11) is 0. The molecule has 0 unspecified atom stereocenters. The van der Waals surface area contributed by atoms with Crippen LogP contribution in [-0.4, -0.2) is 0 Å². The minimum Gasteiger partial charge on any atom is -0.456 e. The van der Waals surface area contributed by atoms with Crippen molar-refractivity contribution in [3.8, 4) is 66.8 Å². The molecule has 16 aromatic carbocycles. The summed E-state index contributed by atoms with van der Waals surface area (Å²) in [4.78, 5) is 0. The number of benzene rings is 16. The van der Waals surface area contributed by atoms with Gasteiger partial charge in [0.15, 0.2) is 0 Å². The monoisotopic (exact) mass is 1060 g/mol. The fraction of sp³-hybridized carbons (Fsp3) is 0. The highest BCUT2D eigenvalue weighted by atomic mass is 16.3. The average Bonchev–Trinajstić information content (AvgIpc) is 3.09. The highest BCUT2D eigenvalue weighted by Gasteiger charge is 2.23. The minimum absolute atomic E-state index is 0.877. The predicted octanol–water partition coefficient (Wildman–Crippen LogP) is 23.6. The van der Waals surface area contributed by atoms with E-state index in [1.807, 2.05) is 0 Å². The highest BCUT2D eigenvalue weighted by molar-refractivity contribution is 6.26. The van der Waals surface area contributed by atoms with Crippen molar-refractivity contribution in [2.24, 2.45) is 0 Å². The van der Waals surface area contributed by atoms with E-state index >= 15 is 0 Å². The van der Waals surface area contributed by atoms with Gasteiger partial charge in [0, 0.05) is 21.5 Å². The lowest BCUT2D eigenvalue weighted by Crippen LogP contribution is -1.93. The molecule has 388 valence electrons. The average molecular weight is 1070 g/mol. The maximum atomic E-state index is 6.80. The van der Waals surface area contributed by atoms with Crippen molar-refractivity contribution in [1.82, 2.24) is 0 Å². The first kappa shape index (κ1) is 46.7. The molecule has 2 nitrogen and oxygen atoms in total. The van der Waals surface area contributed by atoms with Crippen LogP contribution in [0.15, 0.2) is 300 Å². The van der Waals surface area contributed by atoms with E-state index in [1.165, 1.54) is 109 Å². The van der Waals surface area contributed by atoms with Crippen LogP contribution >= 0.6 is 0 Å². The van der Waals surface area contributed by atoms with Gasteiger partial charge < -0.3 is 8.83 Å². The number of furan rings is 2. The fourth-order valence-electron chi connectivity index (χ4n) is 14.1. The van der Waals surface area contributed by atoms with Crippen LogP contribution in [0, 0.1) is 0 Å². The largest absolute Gasteiger partial charge is 0.456 e.